The fourth-order valence-electron chi connectivity index (χ4n) is 1.71. The lowest BCUT2D eigenvalue weighted by Gasteiger charge is -2.32. The summed E-state index contributed by atoms with van der Waals surface area (Å²) in [5.74, 6) is -0.982. The molecule has 82 valence electrons. The van der Waals surface area contributed by atoms with E-state index < -0.39 is 17.7 Å². The van der Waals surface area contributed by atoms with Crippen molar-refractivity contribution >= 4 is 5.97 Å². The van der Waals surface area contributed by atoms with Crippen LogP contribution in [-0.4, -0.2) is 34.5 Å². The van der Waals surface area contributed by atoms with Gasteiger partial charge in [-0.1, -0.05) is 19.3 Å². The first kappa shape index (κ1) is 11.5. The number of hydrogen-bond acceptors (Lipinski definition) is 3. The van der Waals surface area contributed by atoms with E-state index in [2.05, 4.69) is 0 Å². The second kappa shape index (κ2) is 4.75. The quantitative estimate of drug-likeness (QED) is 0.718. The summed E-state index contributed by atoms with van der Waals surface area (Å²) in [4.78, 5) is 10.5. The summed E-state index contributed by atoms with van der Waals surface area (Å²) in [6.07, 6.45) is 3.76. The second-order valence-corrected chi connectivity index (χ2v) is 4.08. The maximum atomic E-state index is 10.5. The number of carboxylic acids is 1. The summed E-state index contributed by atoms with van der Waals surface area (Å²) >= 11 is 0. The van der Waals surface area contributed by atoms with Crippen LogP contribution in [0.3, 0.4) is 0 Å². The molecule has 4 heteroatoms. The molecule has 1 unspecified atom stereocenters. The fraction of sp³-hybridized carbons (Fsp3) is 0.900. The summed E-state index contributed by atoms with van der Waals surface area (Å²) in [6, 6.07) is 0. The zero-order chi connectivity index (χ0) is 10.6. The molecule has 1 saturated carbocycles. The molecule has 0 saturated heterocycles. The molecule has 0 heterocycles. The van der Waals surface area contributed by atoms with Gasteiger partial charge in [0.05, 0.1) is 12.2 Å². The van der Waals surface area contributed by atoms with Crippen molar-refractivity contribution in [2.24, 2.45) is 0 Å². The van der Waals surface area contributed by atoms with Gasteiger partial charge in [-0.05, 0) is 19.8 Å². The van der Waals surface area contributed by atoms with E-state index in [0.29, 0.717) is 0 Å². The van der Waals surface area contributed by atoms with Crippen LogP contribution >= 0.6 is 0 Å². The Bertz CT molecular complexity index is 196. The Morgan fingerprint density at radius 1 is 1.43 bits per heavy atom. The lowest BCUT2D eigenvalue weighted by atomic mass is 9.85. The standard InChI is InChI=1S/C10H18O4/c1-8(9(11)12)14-7-10(13)5-3-2-4-6-10/h8,13H,2-7H2,1H3,(H,11,12). The molecule has 0 aliphatic heterocycles. The van der Waals surface area contributed by atoms with Gasteiger partial charge >= 0.3 is 5.97 Å². The van der Waals surface area contributed by atoms with Gasteiger partial charge in [0, 0.05) is 0 Å². The van der Waals surface area contributed by atoms with Gasteiger partial charge in [0.2, 0.25) is 0 Å². The van der Waals surface area contributed by atoms with Crippen molar-refractivity contribution in [3.05, 3.63) is 0 Å². The van der Waals surface area contributed by atoms with E-state index in [0.717, 1.165) is 32.1 Å². The molecule has 1 aliphatic carbocycles. The predicted octanol–water partition coefficient (Wildman–Crippen LogP) is 1.17. The van der Waals surface area contributed by atoms with E-state index in [9.17, 15) is 9.90 Å². The molecule has 0 aromatic carbocycles. The number of hydrogen-bond donors (Lipinski definition) is 2. The second-order valence-electron chi connectivity index (χ2n) is 4.08. The van der Waals surface area contributed by atoms with Crippen LogP contribution < -0.4 is 0 Å². The Morgan fingerprint density at radius 2 is 2.00 bits per heavy atom. The number of aliphatic carboxylic acids is 1. The van der Waals surface area contributed by atoms with Crippen molar-refractivity contribution in [2.75, 3.05) is 6.61 Å². The smallest absolute Gasteiger partial charge is 0.332 e. The third-order valence-corrected chi connectivity index (χ3v) is 2.73. The first-order valence-corrected chi connectivity index (χ1v) is 5.10. The number of rotatable bonds is 4. The molecule has 0 radical (unpaired) electrons. The zero-order valence-electron chi connectivity index (χ0n) is 8.53. The Labute approximate surface area is 83.9 Å². The van der Waals surface area contributed by atoms with Crippen molar-refractivity contribution in [1.29, 1.82) is 0 Å². The molecule has 14 heavy (non-hydrogen) atoms. The van der Waals surface area contributed by atoms with Crippen LogP contribution in [0.15, 0.2) is 0 Å². The Balaban J connectivity index is 2.31. The van der Waals surface area contributed by atoms with Crippen molar-refractivity contribution in [3.8, 4) is 0 Å². The van der Waals surface area contributed by atoms with Gasteiger partial charge in [0.1, 0.15) is 0 Å². The predicted molar refractivity (Wildman–Crippen MR) is 51.1 cm³/mol. The van der Waals surface area contributed by atoms with E-state index >= 15 is 0 Å². The van der Waals surface area contributed by atoms with Gasteiger partial charge in [-0.3, -0.25) is 0 Å². The molecule has 1 aliphatic rings. The lowest BCUT2D eigenvalue weighted by Crippen LogP contribution is -2.39. The molecule has 0 aromatic rings. The van der Waals surface area contributed by atoms with Crippen LogP contribution in [0.2, 0.25) is 0 Å². The number of aliphatic hydroxyl groups is 1. The molecular weight excluding hydrogens is 184 g/mol. The van der Waals surface area contributed by atoms with Crippen LogP contribution in [0, 0.1) is 0 Å². The fourth-order valence-corrected chi connectivity index (χ4v) is 1.71. The van der Waals surface area contributed by atoms with Crippen LogP contribution in [0.25, 0.3) is 0 Å². The van der Waals surface area contributed by atoms with E-state index in [-0.39, 0.29) is 6.61 Å². The largest absolute Gasteiger partial charge is 0.479 e. The minimum absolute atomic E-state index is 0.139. The van der Waals surface area contributed by atoms with E-state index in [1.165, 1.54) is 6.92 Å². The van der Waals surface area contributed by atoms with Gasteiger partial charge in [-0.25, -0.2) is 4.79 Å². The maximum Gasteiger partial charge on any atom is 0.332 e. The van der Waals surface area contributed by atoms with Crippen LogP contribution in [-0.2, 0) is 9.53 Å². The highest BCUT2D eigenvalue weighted by Gasteiger charge is 2.30. The third-order valence-electron chi connectivity index (χ3n) is 2.73. The van der Waals surface area contributed by atoms with Gasteiger partial charge in [-0.15, -0.1) is 0 Å². The summed E-state index contributed by atoms with van der Waals surface area (Å²) in [5, 5.41) is 18.6. The van der Waals surface area contributed by atoms with Crippen molar-refractivity contribution < 1.29 is 19.7 Å². The molecule has 1 atom stereocenters. The topological polar surface area (TPSA) is 66.8 Å². The minimum Gasteiger partial charge on any atom is -0.479 e. The van der Waals surface area contributed by atoms with E-state index in [4.69, 9.17) is 9.84 Å². The monoisotopic (exact) mass is 202 g/mol. The average Bonchev–Trinajstić information content (AvgIpc) is 2.15. The zero-order valence-corrected chi connectivity index (χ0v) is 8.53. The summed E-state index contributed by atoms with van der Waals surface area (Å²) < 4.78 is 5.10. The van der Waals surface area contributed by atoms with Crippen molar-refractivity contribution in [1.82, 2.24) is 0 Å². The maximum absolute atomic E-state index is 10.5. The first-order valence-electron chi connectivity index (χ1n) is 5.10. The van der Waals surface area contributed by atoms with Crippen LogP contribution in [0.4, 0.5) is 0 Å². The SMILES string of the molecule is CC(OCC1(O)CCCCC1)C(=O)O. The molecule has 0 aromatic heterocycles. The molecule has 0 spiro atoms. The summed E-state index contributed by atoms with van der Waals surface area (Å²) in [7, 11) is 0. The Hall–Kier alpha value is -0.610. The highest BCUT2D eigenvalue weighted by Crippen LogP contribution is 2.28. The molecule has 0 amide bonds. The first-order chi connectivity index (χ1) is 6.53. The number of carbonyl (C=O) groups is 1. The van der Waals surface area contributed by atoms with Gasteiger partial charge in [0.15, 0.2) is 6.10 Å². The molecule has 4 nitrogen and oxygen atoms in total. The molecule has 1 rings (SSSR count). The van der Waals surface area contributed by atoms with Crippen molar-refractivity contribution in [3.63, 3.8) is 0 Å². The number of carboxylic acid groups (broad SMARTS) is 1. The Kier molecular flexibility index (Phi) is 3.89. The number of ether oxygens (including phenoxy) is 1. The summed E-state index contributed by atoms with van der Waals surface area (Å²) in [5.41, 5.74) is -0.790. The third kappa shape index (κ3) is 3.27. The van der Waals surface area contributed by atoms with Crippen molar-refractivity contribution in [2.45, 2.75) is 50.7 Å². The van der Waals surface area contributed by atoms with Gasteiger partial charge in [-0.2, -0.15) is 0 Å². The highest BCUT2D eigenvalue weighted by atomic mass is 16.5. The highest BCUT2D eigenvalue weighted by molar-refractivity contribution is 5.71. The van der Waals surface area contributed by atoms with Gasteiger partial charge in [0.25, 0.3) is 0 Å². The Morgan fingerprint density at radius 3 is 2.50 bits per heavy atom. The normalized spacial score (nSPS) is 23.0. The van der Waals surface area contributed by atoms with E-state index in [1.54, 1.807) is 0 Å². The van der Waals surface area contributed by atoms with Gasteiger partial charge < -0.3 is 14.9 Å². The molecule has 0 bridgehead atoms. The summed E-state index contributed by atoms with van der Waals surface area (Å²) in [6.45, 7) is 1.62. The molecular formula is C10H18O4. The molecule has 1 fully saturated rings. The van der Waals surface area contributed by atoms with E-state index in [1.807, 2.05) is 0 Å². The lowest BCUT2D eigenvalue weighted by molar-refractivity contribution is -0.155. The molecule has 2 N–H and O–H groups in total. The van der Waals surface area contributed by atoms with Crippen LogP contribution in [0.1, 0.15) is 39.0 Å². The minimum atomic E-state index is -0.982. The average molecular weight is 202 g/mol. The van der Waals surface area contributed by atoms with Crippen LogP contribution in [0.5, 0.6) is 0 Å².